The van der Waals surface area contributed by atoms with E-state index in [1.807, 2.05) is 36.5 Å². The van der Waals surface area contributed by atoms with Crippen molar-refractivity contribution in [3.05, 3.63) is 76.4 Å². The van der Waals surface area contributed by atoms with E-state index in [0.717, 1.165) is 54.5 Å². The Kier molecular flexibility index (Phi) is 5.93. The highest BCUT2D eigenvalue weighted by Gasteiger charge is 2.22. The number of halogens is 1. The monoisotopic (exact) mass is 463 g/mol. The Labute approximate surface area is 195 Å². The molecule has 3 heterocycles. The number of benzene rings is 2. The molecule has 0 aliphatic carbocycles. The number of H-pyrrole nitrogens is 1. The lowest BCUT2D eigenvalue weighted by molar-refractivity contribution is -0.729. The van der Waals surface area contributed by atoms with Crippen molar-refractivity contribution in [3.8, 4) is 11.3 Å². The highest BCUT2D eigenvalue weighted by molar-refractivity contribution is 6.33. The number of aromatic nitrogens is 3. The average molecular weight is 464 g/mol. The fourth-order valence-corrected chi connectivity index (χ4v) is 4.54. The molecule has 9 heteroatoms. The van der Waals surface area contributed by atoms with Crippen molar-refractivity contribution in [2.45, 2.75) is 25.4 Å². The number of nitrogens with zero attached hydrogens (tertiary/aromatic N) is 4. The van der Waals surface area contributed by atoms with Gasteiger partial charge < -0.3 is 10.3 Å². The standard InChI is InChI=1S/C24H24ClN6O2/c25-21-14-27-24(29-23(21)20-13-26-22-7-2-1-6-19(20)22)28-17-8-10-30(11-9-17)15-16-4-3-5-18(12-16)31(32)33/h1-7,12-14,17,26H,8-11,15H2,(H,32,33)(H,27,28,29)/q+1. The van der Waals surface area contributed by atoms with Gasteiger partial charge in [0.2, 0.25) is 5.95 Å². The number of hydrogen-bond donors (Lipinski definition) is 3. The fraction of sp³-hybridized carbons (Fsp3) is 0.250. The molecule has 1 fully saturated rings. The van der Waals surface area contributed by atoms with Gasteiger partial charge in [0.05, 0.1) is 21.8 Å². The van der Waals surface area contributed by atoms with Crippen molar-refractivity contribution in [2.24, 2.45) is 0 Å². The summed E-state index contributed by atoms with van der Waals surface area (Å²) < 4.78 is 0. The first-order chi connectivity index (χ1) is 16.1. The number of likely N-dealkylation sites (tertiary alicyclic amines) is 1. The van der Waals surface area contributed by atoms with E-state index in [4.69, 9.17) is 21.8 Å². The van der Waals surface area contributed by atoms with E-state index in [1.54, 1.807) is 24.4 Å². The summed E-state index contributed by atoms with van der Waals surface area (Å²) in [6.07, 6.45) is 5.47. The van der Waals surface area contributed by atoms with Gasteiger partial charge in [0, 0.05) is 60.5 Å². The Balaban J connectivity index is 1.24. The predicted octanol–water partition coefficient (Wildman–Crippen LogP) is 5.15. The van der Waals surface area contributed by atoms with Crippen molar-refractivity contribution in [1.29, 1.82) is 0 Å². The summed E-state index contributed by atoms with van der Waals surface area (Å²) >= 11 is 6.45. The molecule has 1 saturated heterocycles. The first kappa shape index (κ1) is 21.4. The summed E-state index contributed by atoms with van der Waals surface area (Å²) in [7, 11) is 0. The van der Waals surface area contributed by atoms with Crippen molar-refractivity contribution in [1.82, 2.24) is 19.9 Å². The fourth-order valence-electron chi connectivity index (χ4n) is 4.34. The van der Waals surface area contributed by atoms with Crippen molar-refractivity contribution in [3.63, 3.8) is 0 Å². The number of anilines is 1. The molecule has 33 heavy (non-hydrogen) atoms. The van der Waals surface area contributed by atoms with Gasteiger partial charge in [-0.1, -0.05) is 41.9 Å². The molecule has 1 aliphatic heterocycles. The molecular formula is C24H24ClN6O2+. The second-order valence-electron chi connectivity index (χ2n) is 8.28. The van der Waals surface area contributed by atoms with Gasteiger partial charge in [0.1, 0.15) is 0 Å². The first-order valence-electron chi connectivity index (χ1n) is 10.9. The lowest BCUT2D eigenvalue weighted by Crippen LogP contribution is -2.39. The quantitative estimate of drug-likeness (QED) is 0.342. The van der Waals surface area contributed by atoms with Crippen LogP contribution in [0.25, 0.3) is 22.2 Å². The summed E-state index contributed by atoms with van der Waals surface area (Å²) in [5, 5.41) is 14.2. The van der Waals surface area contributed by atoms with E-state index in [2.05, 4.69) is 20.2 Å². The number of nitrogens with one attached hydrogen (secondary N) is 2. The van der Waals surface area contributed by atoms with Crippen LogP contribution in [0.4, 0.5) is 11.6 Å². The second-order valence-corrected chi connectivity index (χ2v) is 8.68. The lowest BCUT2D eigenvalue weighted by Gasteiger charge is -2.32. The molecule has 3 N–H and O–H groups in total. The number of aromatic amines is 1. The van der Waals surface area contributed by atoms with Crippen LogP contribution >= 0.6 is 11.6 Å². The number of rotatable bonds is 6. The number of fused-ring (bicyclic) bond motifs is 1. The van der Waals surface area contributed by atoms with Crippen LogP contribution in [-0.2, 0) is 6.54 Å². The third-order valence-corrected chi connectivity index (χ3v) is 6.32. The normalized spacial score (nSPS) is 15.1. The topological polar surface area (TPSA) is 97.1 Å². The third kappa shape index (κ3) is 4.67. The van der Waals surface area contributed by atoms with Crippen LogP contribution < -0.4 is 5.32 Å². The van der Waals surface area contributed by atoms with Crippen LogP contribution in [0.1, 0.15) is 18.4 Å². The lowest BCUT2D eigenvalue weighted by atomic mass is 10.0. The van der Waals surface area contributed by atoms with E-state index in [9.17, 15) is 4.91 Å². The number of para-hydroxylation sites is 1. The smallest absolute Gasteiger partial charge is 0.316 e. The Morgan fingerprint density at radius 1 is 1.18 bits per heavy atom. The highest BCUT2D eigenvalue weighted by atomic mass is 35.5. The van der Waals surface area contributed by atoms with Crippen LogP contribution in [0.15, 0.2) is 60.9 Å². The molecule has 0 atom stereocenters. The van der Waals surface area contributed by atoms with Gasteiger partial charge in [-0.2, -0.15) is 0 Å². The molecule has 0 radical (unpaired) electrons. The average Bonchev–Trinajstić information content (AvgIpc) is 3.26. The Morgan fingerprint density at radius 3 is 2.82 bits per heavy atom. The molecule has 0 unspecified atom stereocenters. The van der Waals surface area contributed by atoms with Gasteiger partial charge in [-0.3, -0.25) is 4.90 Å². The molecule has 0 saturated carbocycles. The number of piperidine rings is 1. The summed E-state index contributed by atoms with van der Waals surface area (Å²) in [6, 6.07) is 15.4. The maximum Gasteiger partial charge on any atom is 0.316 e. The van der Waals surface area contributed by atoms with Crippen molar-refractivity contribution < 1.29 is 10.1 Å². The molecule has 0 spiro atoms. The molecule has 2 aromatic carbocycles. The van der Waals surface area contributed by atoms with E-state index in [1.165, 1.54) is 0 Å². The maximum atomic E-state index is 11.1. The van der Waals surface area contributed by atoms with E-state index < -0.39 is 0 Å². The minimum absolute atomic E-state index is 0.101. The molecular weight excluding hydrogens is 440 g/mol. The maximum absolute atomic E-state index is 11.1. The highest BCUT2D eigenvalue weighted by Crippen LogP contribution is 2.32. The minimum atomic E-state index is -0.101. The zero-order chi connectivity index (χ0) is 22.8. The van der Waals surface area contributed by atoms with Gasteiger partial charge in [-0.05, 0) is 24.5 Å². The van der Waals surface area contributed by atoms with Crippen molar-refractivity contribution >= 4 is 34.1 Å². The zero-order valence-electron chi connectivity index (χ0n) is 17.9. The van der Waals surface area contributed by atoms with E-state index in [-0.39, 0.29) is 16.7 Å². The van der Waals surface area contributed by atoms with Gasteiger partial charge in [0.25, 0.3) is 4.92 Å². The van der Waals surface area contributed by atoms with Crippen LogP contribution in [0.2, 0.25) is 5.02 Å². The SMILES string of the molecule is O=[N+](O)c1cccc(CN2CCC(Nc3ncc(Cl)c(-c4c[nH]c5ccccc45)n3)CC2)c1. The van der Waals surface area contributed by atoms with Crippen LogP contribution in [0, 0.1) is 4.91 Å². The first-order valence-corrected chi connectivity index (χ1v) is 11.3. The van der Waals surface area contributed by atoms with Crippen LogP contribution in [0.5, 0.6) is 0 Å². The van der Waals surface area contributed by atoms with Gasteiger partial charge in [0.15, 0.2) is 0 Å². The Morgan fingerprint density at radius 2 is 2.00 bits per heavy atom. The van der Waals surface area contributed by atoms with Crippen molar-refractivity contribution in [2.75, 3.05) is 18.4 Å². The van der Waals surface area contributed by atoms with Crippen LogP contribution in [0.3, 0.4) is 0 Å². The molecule has 5 rings (SSSR count). The summed E-state index contributed by atoms with van der Waals surface area (Å²) in [5.41, 5.74) is 3.95. The van der Waals surface area contributed by atoms with E-state index in [0.29, 0.717) is 16.7 Å². The largest absolute Gasteiger partial charge is 0.360 e. The molecule has 0 bridgehead atoms. The zero-order valence-corrected chi connectivity index (χ0v) is 18.7. The van der Waals surface area contributed by atoms with E-state index >= 15 is 0 Å². The summed E-state index contributed by atoms with van der Waals surface area (Å²) in [6.45, 7) is 2.55. The molecule has 0 amide bonds. The molecule has 4 aromatic rings. The summed E-state index contributed by atoms with van der Waals surface area (Å²) in [4.78, 5) is 25.8. The third-order valence-electron chi connectivity index (χ3n) is 6.05. The minimum Gasteiger partial charge on any atom is -0.360 e. The Bertz CT molecular complexity index is 1300. The van der Waals surface area contributed by atoms with Gasteiger partial charge in [-0.25, -0.2) is 15.2 Å². The summed E-state index contributed by atoms with van der Waals surface area (Å²) in [5.74, 6) is 0.573. The van der Waals surface area contributed by atoms with Gasteiger partial charge in [-0.15, -0.1) is 0 Å². The Hall–Kier alpha value is -3.49. The predicted molar refractivity (Wildman–Crippen MR) is 128 cm³/mol. The molecule has 2 aromatic heterocycles. The molecule has 8 nitrogen and oxygen atoms in total. The van der Waals surface area contributed by atoms with Crippen LogP contribution in [-0.4, -0.2) is 49.1 Å². The number of hydrogen-bond acceptors (Lipinski definition) is 5. The molecule has 168 valence electrons. The van der Waals surface area contributed by atoms with Gasteiger partial charge >= 0.3 is 5.69 Å². The molecule has 1 aliphatic rings. The second kappa shape index (κ2) is 9.17.